The molecule has 0 unspecified atom stereocenters. The van der Waals surface area contributed by atoms with Gasteiger partial charge in [0, 0.05) is 33.4 Å². The zero-order valence-corrected chi connectivity index (χ0v) is 19.6. The van der Waals surface area contributed by atoms with Gasteiger partial charge in [-0.3, -0.25) is 10.2 Å². The van der Waals surface area contributed by atoms with Crippen LogP contribution in [0, 0.1) is 13.8 Å². The van der Waals surface area contributed by atoms with E-state index in [4.69, 9.17) is 9.47 Å². The van der Waals surface area contributed by atoms with Crippen LogP contribution in [0.25, 0.3) is 45.0 Å². The number of aromatic amines is 2. The van der Waals surface area contributed by atoms with Gasteiger partial charge >= 0.3 is 0 Å². The number of rotatable bonds is 6. The molecule has 3 aromatic carbocycles. The summed E-state index contributed by atoms with van der Waals surface area (Å²) in [6.07, 6.45) is 0. The van der Waals surface area contributed by atoms with Crippen LogP contribution >= 0.6 is 0 Å². The molecule has 0 amide bonds. The Morgan fingerprint density at radius 1 is 0.559 bits per heavy atom. The summed E-state index contributed by atoms with van der Waals surface area (Å²) < 4.78 is 10.5. The number of ether oxygens (including phenoxy) is 2. The number of aromatic nitrogens is 4. The lowest BCUT2D eigenvalue weighted by Crippen LogP contribution is -1.87. The summed E-state index contributed by atoms with van der Waals surface area (Å²) in [6.45, 7) is 4.18. The topological polar surface area (TPSA) is 75.8 Å². The molecule has 6 nitrogen and oxygen atoms in total. The van der Waals surface area contributed by atoms with Gasteiger partial charge in [-0.1, -0.05) is 18.2 Å². The van der Waals surface area contributed by atoms with Crippen molar-refractivity contribution in [2.75, 3.05) is 14.2 Å². The Balaban J connectivity index is 1.48. The molecule has 0 fully saturated rings. The van der Waals surface area contributed by atoms with Crippen molar-refractivity contribution in [3.05, 3.63) is 83.9 Å². The predicted octanol–water partition coefficient (Wildman–Crippen LogP) is 6.43. The third-order valence-electron chi connectivity index (χ3n) is 6.19. The van der Waals surface area contributed by atoms with E-state index in [9.17, 15) is 0 Å². The first kappa shape index (κ1) is 21.5. The van der Waals surface area contributed by atoms with Crippen molar-refractivity contribution in [1.29, 1.82) is 0 Å². The molecule has 0 saturated heterocycles. The maximum atomic E-state index is 5.27. The molecular weight excluding hydrogens is 424 g/mol. The average molecular weight is 451 g/mol. The molecule has 2 heterocycles. The number of benzene rings is 3. The summed E-state index contributed by atoms with van der Waals surface area (Å²) in [6, 6.07) is 24.3. The Bertz CT molecular complexity index is 1320. The standard InChI is InChI=1S/C28H26N4O2/c1-17-25(19-8-12-23(33-3)13-9-19)29-31-27(17)21-6-5-7-22(16-21)28-18(2)26(30-32-28)20-10-14-24(34-4)15-11-20/h5-16H,1-4H3,(H,29,31)(H,30,32). The van der Waals surface area contributed by atoms with Crippen LogP contribution in [0.15, 0.2) is 72.8 Å². The van der Waals surface area contributed by atoms with Crippen molar-refractivity contribution >= 4 is 0 Å². The molecule has 170 valence electrons. The number of methoxy groups -OCH3 is 2. The summed E-state index contributed by atoms with van der Waals surface area (Å²) in [5, 5.41) is 15.7. The molecule has 5 rings (SSSR count). The van der Waals surface area contributed by atoms with Crippen molar-refractivity contribution in [2.45, 2.75) is 13.8 Å². The maximum Gasteiger partial charge on any atom is 0.118 e. The minimum Gasteiger partial charge on any atom is -0.497 e. The quantitative estimate of drug-likeness (QED) is 0.312. The second-order valence-corrected chi connectivity index (χ2v) is 8.18. The van der Waals surface area contributed by atoms with Crippen molar-refractivity contribution in [3.63, 3.8) is 0 Å². The first-order valence-corrected chi connectivity index (χ1v) is 11.1. The van der Waals surface area contributed by atoms with E-state index in [0.717, 1.165) is 67.7 Å². The minimum absolute atomic E-state index is 0.828. The number of hydrogen-bond donors (Lipinski definition) is 2. The lowest BCUT2D eigenvalue weighted by molar-refractivity contribution is 0.415. The van der Waals surface area contributed by atoms with E-state index in [1.165, 1.54) is 0 Å². The minimum atomic E-state index is 0.828. The highest BCUT2D eigenvalue weighted by molar-refractivity contribution is 5.79. The van der Waals surface area contributed by atoms with Gasteiger partial charge in [-0.15, -0.1) is 0 Å². The fourth-order valence-electron chi connectivity index (χ4n) is 4.25. The van der Waals surface area contributed by atoms with Crippen molar-refractivity contribution in [3.8, 4) is 56.5 Å². The van der Waals surface area contributed by atoms with Gasteiger partial charge in [-0.2, -0.15) is 10.2 Å². The zero-order valence-electron chi connectivity index (χ0n) is 19.6. The first-order valence-electron chi connectivity index (χ1n) is 11.1. The van der Waals surface area contributed by atoms with E-state index in [0.29, 0.717) is 0 Å². The molecule has 34 heavy (non-hydrogen) atoms. The smallest absolute Gasteiger partial charge is 0.118 e. The van der Waals surface area contributed by atoms with Gasteiger partial charge in [0.05, 0.1) is 37.0 Å². The van der Waals surface area contributed by atoms with Crippen LogP contribution in [0.1, 0.15) is 11.1 Å². The number of hydrogen-bond acceptors (Lipinski definition) is 4. The second kappa shape index (κ2) is 8.90. The highest BCUT2D eigenvalue weighted by Crippen LogP contribution is 2.34. The zero-order chi connectivity index (χ0) is 23.7. The van der Waals surface area contributed by atoms with E-state index in [-0.39, 0.29) is 0 Å². The molecule has 0 aliphatic carbocycles. The van der Waals surface area contributed by atoms with Gasteiger partial charge < -0.3 is 9.47 Å². The molecule has 2 aromatic heterocycles. The SMILES string of the molecule is COc1ccc(-c2n[nH]c(-c3cccc(-c4[nH]nc(-c5ccc(OC)cc5)c4C)c3)c2C)cc1. The number of nitrogens with zero attached hydrogens (tertiary/aromatic N) is 2. The normalized spacial score (nSPS) is 10.9. The van der Waals surface area contributed by atoms with Gasteiger partial charge in [-0.05, 0) is 68.4 Å². The molecule has 0 saturated carbocycles. The van der Waals surface area contributed by atoms with Crippen LogP contribution in [0.2, 0.25) is 0 Å². The Morgan fingerprint density at radius 3 is 1.35 bits per heavy atom. The summed E-state index contributed by atoms with van der Waals surface area (Å²) in [4.78, 5) is 0. The van der Waals surface area contributed by atoms with Gasteiger partial charge in [0.25, 0.3) is 0 Å². The molecule has 0 aliphatic rings. The van der Waals surface area contributed by atoms with Crippen molar-refractivity contribution in [2.24, 2.45) is 0 Å². The monoisotopic (exact) mass is 450 g/mol. The molecule has 0 spiro atoms. The predicted molar refractivity (Wildman–Crippen MR) is 135 cm³/mol. The third kappa shape index (κ3) is 3.83. The molecule has 0 radical (unpaired) electrons. The van der Waals surface area contributed by atoms with Crippen LogP contribution in [0.3, 0.4) is 0 Å². The third-order valence-corrected chi connectivity index (χ3v) is 6.19. The Kier molecular flexibility index (Phi) is 5.64. The fraction of sp³-hybridized carbons (Fsp3) is 0.143. The molecule has 0 atom stereocenters. The van der Waals surface area contributed by atoms with Gasteiger partial charge in [0.1, 0.15) is 11.5 Å². The molecular formula is C28H26N4O2. The highest BCUT2D eigenvalue weighted by Gasteiger charge is 2.16. The highest BCUT2D eigenvalue weighted by atomic mass is 16.5. The Morgan fingerprint density at radius 2 is 0.971 bits per heavy atom. The molecule has 2 N–H and O–H groups in total. The lowest BCUT2D eigenvalue weighted by Gasteiger charge is -2.06. The van der Waals surface area contributed by atoms with E-state index in [1.54, 1.807) is 14.2 Å². The van der Waals surface area contributed by atoms with Crippen molar-refractivity contribution in [1.82, 2.24) is 20.4 Å². The summed E-state index contributed by atoms with van der Waals surface area (Å²) >= 11 is 0. The summed E-state index contributed by atoms with van der Waals surface area (Å²) in [5.74, 6) is 1.66. The van der Waals surface area contributed by atoms with E-state index in [1.807, 2.05) is 48.5 Å². The largest absolute Gasteiger partial charge is 0.497 e. The summed E-state index contributed by atoms with van der Waals surface area (Å²) in [5.41, 5.74) is 10.3. The fourth-order valence-corrected chi connectivity index (χ4v) is 4.25. The lowest BCUT2D eigenvalue weighted by atomic mass is 9.98. The van der Waals surface area contributed by atoms with Crippen LogP contribution in [0.4, 0.5) is 0 Å². The van der Waals surface area contributed by atoms with Crippen LogP contribution in [-0.2, 0) is 0 Å². The molecule has 6 heteroatoms. The maximum absolute atomic E-state index is 5.27. The van der Waals surface area contributed by atoms with E-state index in [2.05, 4.69) is 58.5 Å². The second-order valence-electron chi connectivity index (χ2n) is 8.18. The first-order chi connectivity index (χ1) is 16.6. The van der Waals surface area contributed by atoms with Crippen LogP contribution < -0.4 is 9.47 Å². The average Bonchev–Trinajstić information content (AvgIpc) is 3.46. The Labute approximate surface area is 198 Å². The molecule has 0 bridgehead atoms. The van der Waals surface area contributed by atoms with Gasteiger partial charge in [0.15, 0.2) is 0 Å². The molecule has 5 aromatic rings. The van der Waals surface area contributed by atoms with Gasteiger partial charge in [0.2, 0.25) is 0 Å². The van der Waals surface area contributed by atoms with E-state index >= 15 is 0 Å². The van der Waals surface area contributed by atoms with Gasteiger partial charge in [-0.25, -0.2) is 0 Å². The van der Waals surface area contributed by atoms with Crippen LogP contribution in [0.5, 0.6) is 11.5 Å². The van der Waals surface area contributed by atoms with Crippen molar-refractivity contribution < 1.29 is 9.47 Å². The number of nitrogens with one attached hydrogen (secondary N) is 2. The molecule has 0 aliphatic heterocycles. The van der Waals surface area contributed by atoms with Crippen LogP contribution in [-0.4, -0.2) is 34.6 Å². The van der Waals surface area contributed by atoms with E-state index < -0.39 is 0 Å². The summed E-state index contributed by atoms with van der Waals surface area (Å²) in [7, 11) is 3.34. The number of H-pyrrole nitrogens is 2. The Hall–Kier alpha value is -4.32.